The van der Waals surface area contributed by atoms with Crippen molar-refractivity contribution in [2.75, 3.05) is 19.7 Å². The van der Waals surface area contributed by atoms with Crippen LogP contribution in [-0.4, -0.2) is 39.8 Å². The van der Waals surface area contributed by atoms with Crippen LogP contribution in [0.1, 0.15) is 31.2 Å². The minimum absolute atomic E-state index is 0.142. The van der Waals surface area contributed by atoms with Gasteiger partial charge in [0.15, 0.2) is 0 Å². The predicted molar refractivity (Wildman–Crippen MR) is 81.7 cm³/mol. The smallest absolute Gasteiger partial charge is 0.241 e. The zero-order valence-corrected chi connectivity index (χ0v) is 12.7. The van der Waals surface area contributed by atoms with E-state index in [1.807, 2.05) is 31.2 Å². The van der Waals surface area contributed by atoms with Crippen LogP contribution in [-0.2, 0) is 6.54 Å². The van der Waals surface area contributed by atoms with Gasteiger partial charge in [-0.2, -0.15) is 4.98 Å². The van der Waals surface area contributed by atoms with E-state index < -0.39 is 0 Å². The van der Waals surface area contributed by atoms with Crippen LogP contribution in [0.5, 0.6) is 0 Å². The summed E-state index contributed by atoms with van der Waals surface area (Å²) in [6.45, 7) is 6.48. The summed E-state index contributed by atoms with van der Waals surface area (Å²) >= 11 is 0. The van der Waals surface area contributed by atoms with Gasteiger partial charge in [-0.1, -0.05) is 48.3 Å². The van der Waals surface area contributed by atoms with Crippen LogP contribution in [0.15, 0.2) is 28.8 Å². The Kier molecular flexibility index (Phi) is 5.90. The van der Waals surface area contributed by atoms with E-state index in [1.54, 1.807) is 0 Å². The number of rotatable bonds is 8. The van der Waals surface area contributed by atoms with Crippen LogP contribution in [0.25, 0.3) is 11.4 Å². The summed E-state index contributed by atoms with van der Waals surface area (Å²) in [5.74, 6) is 1.21. The van der Waals surface area contributed by atoms with Crippen LogP contribution in [0.2, 0.25) is 0 Å². The fourth-order valence-corrected chi connectivity index (χ4v) is 2.12. The highest BCUT2D eigenvalue weighted by Gasteiger charge is 2.12. The molecule has 0 aliphatic carbocycles. The summed E-state index contributed by atoms with van der Waals surface area (Å²) in [6.07, 6.45) is 2.22. The molecule has 1 aromatic heterocycles. The summed E-state index contributed by atoms with van der Waals surface area (Å²) in [6, 6.07) is 8.05. The molecule has 0 spiro atoms. The Morgan fingerprint density at radius 3 is 2.62 bits per heavy atom. The Morgan fingerprint density at radius 2 is 1.95 bits per heavy atom. The van der Waals surface area contributed by atoms with Crippen LogP contribution in [0.3, 0.4) is 0 Å². The van der Waals surface area contributed by atoms with Gasteiger partial charge in [0.05, 0.1) is 13.2 Å². The maximum Gasteiger partial charge on any atom is 0.241 e. The number of aliphatic hydroxyl groups is 1. The molecule has 2 aromatic rings. The van der Waals surface area contributed by atoms with Crippen molar-refractivity contribution in [3.63, 3.8) is 0 Å². The summed E-state index contributed by atoms with van der Waals surface area (Å²) in [5, 5.41) is 13.1. The average Bonchev–Trinajstić information content (AvgIpc) is 2.94. The van der Waals surface area contributed by atoms with E-state index in [-0.39, 0.29) is 6.61 Å². The van der Waals surface area contributed by atoms with Gasteiger partial charge in [0.25, 0.3) is 0 Å². The van der Waals surface area contributed by atoms with Gasteiger partial charge in [-0.25, -0.2) is 0 Å². The molecule has 1 heterocycles. The first-order valence-corrected chi connectivity index (χ1v) is 7.45. The third-order valence-electron chi connectivity index (χ3n) is 3.38. The molecule has 1 aromatic carbocycles. The summed E-state index contributed by atoms with van der Waals surface area (Å²) in [7, 11) is 0. The van der Waals surface area contributed by atoms with Crippen LogP contribution >= 0.6 is 0 Å². The van der Waals surface area contributed by atoms with Gasteiger partial charge in [0.2, 0.25) is 11.7 Å². The van der Waals surface area contributed by atoms with Gasteiger partial charge >= 0.3 is 0 Å². The molecule has 5 nitrogen and oxygen atoms in total. The Morgan fingerprint density at radius 1 is 1.19 bits per heavy atom. The van der Waals surface area contributed by atoms with Gasteiger partial charge in [-0.15, -0.1) is 0 Å². The minimum Gasteiger partial charge on any atom is -0.395 e. The number of unbranched alkanes of at least 4 members (excludes halogenated alkanes) is 1. The predicted octanol–water partition coefficient (Wildman–Crippen LogP) is 2.64. The Labute approximate surface area is 125 Å². The average molecular weight is 289 g/mol. The van der Waals surface area contributed by atoms with Gasteiger partial charge in [0.1, 0.15) is 0 Å². The number of benzene rings is 1. The van der Waals surface area contributed by atoms with Crippen molar-refractivity contribution >= 4 is 0 Å². The van der Waals surface area contributed by atoms with Crippen LogP contribution in [0, 0.1) is 6.92 Å². The van der Waals surface area contributed by atoms with Crippen molar-refractivity contribution in [1.82, 2.24) is 15.0 Å². The summed E-state index contributed by atoms with van der Waals surface area (Å²) in [4.78, 5) is 6.57. The Hall–Kier alpha value is -1.72. The molecular formula is C16H23N3O2. The maximum absolute atomic E-state index is 9.11. The van der Waals surface area contributed by atoms with Crippen molar-refractivity contribution in [2.45, 2.75) is 33.2 Å². The second-order valence-corrected chi connectivity index (χ2v) is 5.23. The lowest BCUT2D eigenvalue weighted by atomic mass is 10.1. The van der Waals surface area contributed by atoms with Crippen LogP contribution in [0.4, 0.5) is 0 Å². The zero-order valence-electron chi connectivity index (χ0n) is 12.7. The molecule has 0 fully saturated rings. The quantitative estimate of drug-likeness (QED) is 0.809. The zero-order chi connectivity index (χ0) is 15.1. The minimum atomic E-state index is 0.142. The van der Waals surface area contributed by atoms with Crippen molar-refractivity contribution in [1.29, 1.82) is 0 Å². The fourth-order valence-electron chi connectivity index (χ4n) is 2.12. The normalized spacial score (nSPS) is 11.2. The lowest BCUT2D eigenvalue weighted by molar-refractivity contribution is 0.172. The third-order valence-corrected chi connectivity index (χ3v) is 3.38. The van der Waals surface area contributed by atoms with E-state index in [4.69, 9.17) is 9.63 Å². The van der Waals surface area contributed by atoms with E-state index in [0.29, 0.717) is 24.8 Å². The topological polar surface area (TPSA) is 62.4 Å². The fraction of sp³-hybridized carbons (Fsp3) is 0.500. The number of hydrogen-bond acceptors (Lipinski definition) is 5. The number of nitrogens with zero attached hydrogens (tertiary/aromatic N) is 3. The molecular weight excluding hydrogens is 266 g/mol. The Bertz CT molecular complexity index is 537. The molecule has 5 heteroatoms. The largest absolute Gasteiger partial charge is 0.395 e. The highest BCUT2D eigenvalue weighted by molar-refractivity contribution is 5.54. The lowest BCUT2D eigenvalue weighted by Gasteiger charge is -2.18. The molecule has 2 rings (SSSR count). The maximum atomic E-state index is 9.11. The van der Waals surface area contributed by atoms with E-state index in [9.17, 15) is 0 Å². The number of hydrogen-bond donors (Lipinski definition) is 1. The van der Waals surface area contributed by atoms with E-state index in [1.165, 1.54) is 5.56 Å². The van der Waals surface area contributed by atoms with Crippen molar-refractivity contribution in [3.8, 4) is 11.4 Å². The number of aromatic nitrogens is 2. The summed E-state index contributed by atoms with van der Waals surface area (Å²) in [5.41, 5.74) is 2.16. The monoisotopic (exact) mass is 289 g/mol. The SMILES string of the molecule is CCCCN(CCO)Cc1nc(-c2ccc(C)cc2)no1. The van der Waals surface area contributed by atoms with E-state index in [2.05, 4.69) is 22.0 Å². The lowest BCUT2D eigenvalue weighted by Crippen LogP contribution is -2.27. The van der Waals surface area contributed by atoms with Crippen molar-refractivity contribution in [2.24, 2.45) is 0 Å². The second kappa shape index (κ2) is 7.90. The Balaban J connectivity index is 2.02. The third kappa shape index (κ3) is 4.65. The number of aryl methyl sites for hydroxylation is 1. The molecule has 0 atom stereocenters. The van der Waals surface area contributed by atoms with Gasteiger partial charge in [-0.3, -0.25) is 4.90 Å². The first-order chi connectivity index (χ1) is 10.2. The van der Waals surface area contributed by atoms with Gasteiger partial charge in [0, 0.05) is 12.1 Å². The molecule has 0 radical (unpaired) electrons. The molecule has 0 bridgehead atoms. The van der Waals surface area contributed by atoms with Gasteiger partial charge in [-0.05, 0) is 19.9 Å². The van der Waals surface area contributed by atoms with Crippen molar-refractivity contribution < 1.29 is 9.63 Å². The first kappa shape index (κ1) is 15.7. The number of aliphatic hydroxyl groups excluding tert-OH is 1. The van der Waals surface area contributed by atoms with Gasteiger partial charge < -0.3 is 9.63 Å². The molecule has 1 N–H and O–H groups in total. The van der Waals surface area contributed by atoms with Crippen LogP contribution < -0.4 is 0 Å². The standard InChI is InChI=1S/C16H23N3O2/c1-3-4-9-19(10-11-20)12-15-17-16(18-21-15)14-7-5-13(2)6-8-14/h5-8,20H,3-4,9-12H2,1-2H3. The molecule has 0 saturated heterocycles. The molecule has 0 amide bonds. The summed E-state index contributed by atoms with van der Waals surface area (Å²) < 4.78 is 5.32. The highest BCUT2D eigenvalue weighted by atomic mass is 16.5. The molecule has 0 unspecified atom stereocenters. The second-order valence-electron chi connectivity index (χ2n) is 5.23. The molecule has 0 aliphatic heterocycles. The molecule has 0 aliphatic rings. The molecule has 21 heavy (non-hydrogen) atoms. The highest BCUT2D eigenvalue weighted by Crippen LogP contribution is 2.17. The van der Waals surface area contributed by atoms with E-state index in [0.717, 1.165) is 24.9 Å². The molecule has 114 valence electrons. The van der Waals surface area contributed by atoms with E-state index >= 15 is 0 Å². The first-order valence-electron chi connectivity index (χ1n) is 7.45. The van der Waals surface area contributed by atoms with Crippen molar-refractivity contribution in [3.05, 3.63) is 35.7 Å². The molecule has 0 saturated carbocycles.